The Kier molecular flexibility index (Phi) is 2.65. The van der Waals surface area contributed by atoms with E-state index in [4.69, 9.17) is 11.1 Å². The highest BCUT2D eigenvalue weighted by molar-refractivity contribution is 5.99. The zero-order chi connectivity index (χ0) is 11.7. The van der Waals surface area contributed by atoms with Gasteiger partial charge in [0, 0.05) is 5.56 Å². The van der Waals surface area contributed by atoms with Crippen LogP contribution in [0.25, 0.3) is 10.8 Å². The van der Waals surface area contributed by atoms with Gasteiger partial charge in [0.1, 0.15) is 5.84 Å². The fraction of sp³-hybridized carbons (Fsp3) is 0.214. The zero-order valence-electron chi connectivity index (χ0n) is 9.62. The molecule has 0 saturated carbocycles. The molecule has 0 spiro atoms. The van der Waals surface area contributed by atoms with Gasteiger partial charge in [0.25, 0.3) is 0 Å². The Morgan fingerprint density at radius 3 is 2.31 bits per heavy atom. The largest absolute Gasteiger partial charge is 0.384 e. The van der Waals surface area contributed by atoms with Gasteiger partial charge in [-0.05, 0) is 28.3 Å². The highest BCUT2D eigenvalue weighted by Crippen LogP contribution is 2.22. The van der Waals surface area contributed by atoms with Crippen LogP contribution in [0.4, 0.5) is 0 Å². The second-order valence-corrected chi connectivity index (χ2v) is 4.39. The summed E-state index contributed by atoms with van der Waals surface area (Å²) >= 11 is 0. The Hall–Kier alpha value is -1.83. The highest BCUT2D eigenvalue weighted by atomic mass is 14.7. The van der Waals surface area contributed by atoms with Crippen molar-refractivity contribution < 1.29 is 0 Å². The first kappa shape index (κ1) is 10.7. The van der Waals surface area contributed by atoms with Crippen molar-refractivity contribution >= 4 is 16.6 Å². The summed E-state index contributed by atoms with van der Waals surface area (Å²) in [5.74, 6) is 0.659. The minimum Gasteiger partial charge on any atom is -0.384 e. The first-order valence-corrected chi connectivity index (χ1v) is 5.46. The number of fused-ring (bicyclic) bond motifs is 1. The van der Waals surface area contributed by atoms with Gasteiger partial charge in [0.05, 0.1) is 0 Å². The molecule has 3 N–H and O–H groups in total. The molecule has 2 heteroatoms. The monoisotopic (exact) mass is 212 g/mol. The molecular weight excluding hydrogens is 196 g/mol. The van der Waals surface area contributed by atoms with E-state index in [0.717, 1.165) is 10.9 Å². The van der Waals surface area contributed by atoms with E-state index < -0.39 is 0 Å². The predicted molar refractivity (Wildman–Crippen MR) is 69.1 cm³/mol. The fourth-order valence-electron chi connectivity index (χ4n) is 1.79. The van der Waals surface area contributed by atoms with Gasteiger partial charge >= 0.3 is 0 Å². The highest BCUT2D eigenvalue weighted by Gasteiger charge is 2.02. The third-order valence-corrected chi connectivity index (χ3v) is 2.84. The Morgan fingerprint density at radius 1 is 1.06 bits per heavy atom. The average Bonchev–Trinajstić information content (AvgIpc) is 2.27. The van der Waals surface area contributed by atoms with E-state index in [0.29, 0.717) is 5.92 Å². The van der Waals surface area contributed by atoms with E-state index in [1.54, 1.807) is 0 Å². The topological polar surface area (TPSA) is 49.9 Å². The lowest BCUT2D eigenvalue weighted by molar-refractivity contribution is 0.869. The Balaban J connectivity index is 2.57. The number of nitrogens with one attached hydrogen (secondary N) is 1. The summed E-state index contributed by atoms with van der Waals surface area (Å²) in [5.41, 5.74) is 7.58. The minimum atomic E-state index is 0.120. The molecule has 0 fully saturated rings. The summed E-state index contributed by atoms with van der Waals surface area (Å²) in [6.45, 7) is 4.37. The van der Waals surface area contributed by atoms with Gasteiger partial charge < -0.3 is 5.73 Å². The van der Waals surface area contributed by atoms with E-state index in [1.807, 2.05) is 18.2 Å². The maximum atomic E-state index is 7.40. The van der Waals surface area contributed by atoms with Crippen LogP contribution >= 0.6 is 0 Å². The molecule has 2 rings (SSSR count). The molecule has 0 aliphatic heterocycles. The molecule has 0 saturated heterocycles. The molecule has 2 nitrogen and oxygen atoms in total. The van der Waals surface area contributed by atoms with E-state index in [1.165, 1.54) is 10.9 Å². The lowest BCUT2D eigenvalue weighted by atomic mass is 9.98. The Morgan fingerprint density at radius 2 is 1.69 bits per heavy atom. The van der Waals surface area contributed by atoms with Crippen molar-refractivity contribution in [1.29, 1.82) is 5.41 Å². The van der Waals surface area contributed by atoms with Crippen molar-refractivity contribution in [3.63, 3.8) is 0 Å². The predicted octanol–water partition coefficient (Wildman–Crippen LogP) is 3.25. The number of amidine groups is 1. The Bertz CT molecular complexity index is 541. The van der Waals surface area contributed by atoms with Crippen LogP contribution in [0.15, 0.2) is 36.4 Å². The SMILES string of the molecule is CC(C)c1ccc2cc(C(=N)N)ccc2c1. The fourth-order valence-corrected chi connectivity index (χ4v) is 1.79. The second kappa shape index (κ2) is 3.97. The van der Waals surface area contributed by atoms with Gasteiger partial charge in [-0.25, -0.2) is 0 Å². The number of benzene rings is 2. The van der Waals surface area contributed by atoms with Crippen LogP contribution in [0.5, 0.6) is 0 Å². The Labute approximate surface area is 95.6 Å². The van der Waals surface area contributed by atoms with Crippen LogP contribution in [0.1, 0.15) is 30.9 Å². The normalized spacial score (nSPS) is 10.9. The van der Waals surface area contributed by atoms with Gasteiger partial charge in [-0.3, -0.25) is 5.41 Å². The summed E-state index contributed by atoms with van der Waals surface area (Å²) in [6, 6.07) is 12.3. The lowest BCUT2D eigenvalue weighted by Crippen LogP contribution is -2.10. The van der Waals surface area contributed by atoms with E-state index in [2.05, 4.69) is 32.0 Å². The molecule has 0 bridgehead atoms. The van der Waals surface area contributed by atoms with Gasteiger partial charge in [-0.15, -0.1) is 0 Å². The molecule has 82 valence electrons. The van der Waals surface area contributed by atoms with Crippen molar-refractivity contribution in [3.05, 3.63) is 47.5 Å². The minimum absolute atomic E-state index is 0.120. The van der Waals surface area contributed by atoms with Gasteiger partial charge in [0.2, 0.25) is 0 Å². The summed E-state index contributed by atoms with van der Waals surface area (Å²) in [5, 5.41) is 9.74. The number of rotatable bonds is 2. The third kappa shape index (κ3) is 1.91. The molecule has 0 atom stereocenters. The van der Waals surface area contributed by atoms with Crippen molar-refractivity contribution in [2.75, 3.05) is 0 Å². The molecule has 0 unspecified atom stereocenters. The van der Waals surface area contributed by atoms with Gasteiger partial charge in [-0.2, -0.15) is 0 Å². The van der Waals surface area contributed by atoms with Crippen LogP contribution in [0, 0.1) is 5.41 Å². The molecular formula is C14H16N2. The van der Waals surface area contributed by atoms with Crippen molar-refractivity contribution in [2.24, 2.45) is 5.73 Å². The second-order valence-electron chi connectivity index (χ2n) is 4.39. The van der Waals surface area contributed by atoms with E-state index in [-0.39, 0.29) is 5.84 Å². The van der Waals surface area contributed by atoms with Crippen LogP contribution in [0.3, 0.4) is 0 Å². The molecule has 0 aromatic heterocycles. The first-order chi connectivity index (χ1) is 7.58. The van der Waals surface area contributed by atoms with E-state index >= 15 is 0 Å². The molecule has 2 aromatic rings. The average molecular weight is 212 g/mol. The molecule has 2 aromatic carbocycles. The maximum Gasteiger partial charge on any atom is 0.122 e. The molecule has 0 aliphatic carbocycles. The maximum absolute atomic E-state index is 7.40. The molecule has 0 aliphatic rings. The standard InChI is InChI=1S/C14H16N2/c1-9(2)10-3-4-12-8-13(14(15)16)6-5-11(12)7-10/h3-9H,1-2H3,(H3,15,16). The number of hydrogen-bond acceptors (Lipinski definition) is 1. The van der Waals surface area contributed by atoms with Crippen LogP contribution in [0.2, 0.25) is 0 Å². The number of nitrogens with two attached hydrogens (primary N) is 1. The van der Waals surface area contributed by atoms with Crippen molar-refractivity contribution in [1.82, 2.24) is 0 Å². The van der Waals surface area contributed by atoms with E-state index in [9.17, 15) is 0 Å². The zero-order valence-corrected chi connectivity index (χ0v) is 9.62. The summed E-state index contributed by atoms with van der Waals surface area (Å²) in [6.07, 6.45) is 0. The quantitative estimate of drug-likeness (QED) is 0.582. The first-order valence-electron chi connectivity index (χ1n) is 5.46. The molecule has 0 radical (unpaired) electrons. The van der Waals surface area contributed by atoms with Crippen LogP contribution in [-0.2, 0) is 0 Å². The number of nitrogen functional groups attached to an aromatic ring is 1. The van der Waals surface area contributed by atoms with Crippen LogP contribution in [-0.4, -0.2) is 5.84 Å². The van der Waals surface area contributed by atoms with Gasteiger partial charge in [-0.1, -0.05) is 44.2 Å². The van der Waals surface area contributed by atoms with Crippen molar-refractivity contribution in [2.45, 2.75) is 19.8 Å². The summed E-state index contributed by atoms with van der Waals surface area (Å²) in [4.78, 5) is 0. The smallest absolute Gasteiger partial charge is 0.122 e. The van der Waals surface area contributed by atoms with Gasteiger partial charge in [0.15, 0.2) is 0 Å². The lowest BCUT2D eigenvalue weighted by Gasteiger charge is -2.07. The summed E-state index contributed by atoms with van der Waals surface area (Å²) < 4.78 is 0. The summed E-state index contributed by atoms with van der Waals surface area (Å²) in [7, 11) is 0. The molecule has 16 heavy (non-hydrogen) atoms. The van der Waals surface area contributed by atoms with Crippen molar-refractivity contribution in [3.8, 4) is 0 Å². The molecule has 0 heterocycles. The third-order valence-electron chi connectivity index (χ3n) is 2.84. The number of hydrogen-bond donors (Lipinski definition) is 2. The molecule has 0 amide bonds. The van der Waals surface area contributed by atoms with Crippen LogP contribution < -0.4 is 5.73 Å².